The van der Waals surface area contributed by atoms with Gasteiger partial charge in [0.05, 0.1) is 6.10 Å². The molecule has 2 nitrogen and oxygen atoms in total. The van der Waals surface area contributed by atoms with Gasteiger partial charge in [0.2, 0.25) is 0 Å². The molecule has 2 rings (SSSR count). The van der Waals surface area contributed by atoms with Crippen molar-refractivity contribution < 1.29 is 9.84 Å². The zero-order valence-corrected chi connectivity index (χ0v) is 12.1. The molecule has 0 amide bonds. The van der Waals surface area contributed by atoms with Crippen LogP contribution < -0.4 is 4.74 Å². The zero-order valence-electron chi connectivity index (χ0n) is 12.1. The SMILES string of the molecule is CC(C)C(O)COc1ccc(Cc2ccccc2)cc1. The molecule has 0 aliphatic rings. The normalized spacial score (nSPS) is 12.4. The van der Waals surface area contributed by atoms with E-state index >= 15 is 0 Å². The molecule has 0 bridgehead atoms. The molecule has 0 heterocycles. The summed E-state index contributed by atoms with van der Waals surface area (Å²) in [5.74, 6) is 1.02. The topological polar surface area (TPSA) is 29.5 Å². The maximum Gasteiger partial charge on any atom is 0.119 e. The smallest absolute Gasteiger partial charge is 0.119 e. The Balaban J connectivity index is 1.90. The van der Waals surface area contributed by atoms with Gasteiger partial charge in [0.1, 0.15) is 12.4 Å². The first-order valence-corrected chi connectivity index (χ1v) is 7.09. The average Bonchev–Trinajstić information content (AvgIpc) is 2.47. The van der Waals surface area contributed by atoms with Crippen molar-refractivity contribution in [2.75, 3.05) is 6.61 Å². The van der Waals surface area contributed by atoms with Crippen molar-refractivity contribution in [2.45, 2.75) is 26.4 Å². The highest BCUT2D eigenvalue weighted by molar-refractivity contribution is 5.31. The van der Waals surface area contributed by atoms with Gasteiger partial charge in [-0.1, -0.05) is 56.3 Å². The van der Waals surface area contributed by atoms with E-state index in [1.807, 2.05) is 32.0 Å². The van der Waals surface area contributed by atoms with E-state index in [4.69, 9.17) is 4.74 Å². The molecule has 0 radical (unpaired) electrons. The van der Waals surface area contributed by atoms with E-state index in [0.717, 1.165) is 12.2 Å². The number of ether oxygens (including phenoxy) is 1. The maximum atomic E-state index is 9.71. The minimum absolute atomic E-state index is 0.215. The Kier molecular flexibility index (Phi) is 5.19. The maximum absolute atomic E-state index is 9.71. The third-order valence-electron chi connectivity index (χ3n) is 3.36. The van der Waals surface area contributed by atoms with E-state index in [-0.39, 0.29) is 5.92 Å². The van der Waals surface area contributed by atoms with Crippen LogP contribution in [0.2, 0.25) is 0 Å². The number of aliphatic hydroxyl groups excluding tert-OH is 1. The van der Waals surface area contributed by atoms with Crippen LogP contribution in [0.4, 0.5) is 0 Å². The average molecular weight is 270 g/mol. The number of aliphatic hydroxyl groups is 1. The number of rotatable bonds is 6. The molecule has 0 saturated carbocycles. The fourth-order valence-corrected chi connectivity index (χ4v) is 1.91. The van der Waals surface area contributed by atoms with Crippen LogP contribution in [0.1, 0.15) is 25.0 Å². The molecule has 0 aliphatic carbocycles. The van der Waals surface area contributed by atoms with Gasteiger partial charge in [0, 0.05) is 0 Å². The third kappa shape index (κ3) is 4.39. The monoisotopic (exact) mass is 270 g/mol. The number of hydrogen-bond donors (Lipinski definition) is 1. The van der Waals surface area contributed by atoms with Crippen LogP contribution in [-0.4, -0.2) is 17.8 Å². The van der Waals surface area contributed by atoms with Gasteiger partial charge in [-0.25, -0.2) is 0 Å². The van der Waals surface area contributed by atoms with E-state index < -0.39 is 6.10 Å². The zero-order chi connectivity index (χ0) is 14.4. The van der Waals surface area contributed by atoms with Gasteiger partial charge in [0.15, 0.2) is 0 Å². The standard InChI is InChI=1S/C18H22O2/c1-14(2)18(19)13-20-17-10-8-16(9-11-17)12-15-6-4-3-5-7-15/h3-11,14,18-19H,12-13H2,1-2H3. The van der Waals surface area contributed by atoms with Gasteiger partial charge in [-0.15, -0.1) is 0 Å². The van der Waals surface area contributed by atoms with Crippen LogP contribution in [0.15, 0.2) is 54.6 Å². The summed E-state index contributed by atoms with van der Waals surface area (Å²) in [6, 6.07) is 18.5. The predicted octanol–water partition coefficient (Wildman–Crippen LogP) is 3.67. The van der Waals surface area contributed by atoms with Crippen molar-refractivity contribution >= 4 is 0 Å². The lowest BCUT2D eigenvalue weighted by Crippen LogP contribution is -2.23. The Morgan fingerprint density at radius 3 is 2.10 bits per heavy atom. The second-order valence-electron chi connectivity index (χ2n) is 5.43. The summed E-state index contributed by atoms with van der Waals surface area (Å²) >= 11 is 0. The number of benzene rings is 2. The first-order chi connectivity index (χ1) is 9.65. The molecule has 106 valence electrons. The summed E-state index contributed by atoms with van der Waals surface area (Å²) in [6.45, 7) is 4.31. The van der Waals surface area contributed by atoms with Gasteiger partial charge in [-0.3, -0.25) is 0 Å². The number of hydrogen-bond acceptors (Lipinski definition) is 2. The van der Waals surface area contributed by atoms with Crippen molar-refractivity contribution in [3.8, 4) is 5.75 Å². The Labute approximate surface area is 121 Å². The largest absolute Gasteiger partial charge is 0.491 e. The van der Waals surface area contributed by atoms with Gasteiger partial charge < -0.3 is 9.84 Å². The molecule has 2 aromatic carbocycles. The molecule has 2 heteroatoms. The van der Waals surface area contributed by atoms with Crippen LogP contribution in [-0.2, 0) is 6.42 Å². The Hall–Kier alpha value is -1.80. The minimum Gasteiger partial charge on any atom is -0.491 e. The first kappa shape index (κ1) is 14.6. The first-order valence-electron chi connectivity index (χ1n) is 7.09. The molecule has 0 saturated heterocycles. The van der Waals surface area contributed by atoms with Gasteiger partial charge in [-0.05, 0) is 35.6 Å². The summed E-state index contributed by atoms with van der Waals surface area (Å²) in [5.41, 5.74) is 2.56. The summed E-state index contributed by atoms with van der Waals surface area (Å²) in [6.07, 6.45) is 0.509. The molecule has 1 atom stereocenters. The van der Waals surface area contributed by atoms with Gasteiger partial charge in [0.25, 0.3) is 0 Å². The second kappa shape index (κ2) is 7.11. The van der Waals surface area contributed by atoms with Crippen LogP contribution >= 0.6 is 0 Å². The van der Waals surface area contributed by atoms with E-state index in [2.05, 4.69) is 36.4 Å². The molecule has 0 aromatic heterocycles. The van der Waals surface area contributed by atoms with Crippen molar-refractivity contribution in [3.05, 3.63) is 65.7 Å². The molecule has 1 unspecified atom stereocenters. The predicted molar refractivity (Wildman–Crippen MR) is 82.0 cm³/mol. The molecular formula is C18H22O2. The lowest BCUT2D eigenvalue weighted by Gasteiger charge is -2.15. The van der Waals surface area contributed by atoms with Crippen LogP contribution in [0.5, 0.6) is 5.75 Å². The lowest BCUT2D eigenvalue weighted by molar-refractivity contribution is 0.0701. The third-order valence-corrected chi connectivity index (χ3v) is 3.36. The quantitative estimate of drug-likeness (QED) is 0.867. The molecule has 0 spiro atoms. The molecule has 2 aromatic rings. The molecule has 0 aliphatic heterocycles. The highest BCUT2D eigenvalue weighted by Gasteiger charge is 2.09. The van der Waals surface area contributed by atoms with Crippen molar-refractivity contribution in [1.29, 1.82) is 0 Å². The molecule has 1 N–H and O–H groups in total. The van der Waals surface area contributed by atoms with E-state index in [9.17, 15) is 5.11 Å². The van der Waals surface area contributed by atoms with E-state index in [1.54, 1.807) is 0 Å². The minimum atomic E-state index is -0.418. The fourth-order valence-electron chi connectivity index (χ4n) is 1.91. The Morgan fingerprint density at radius 2 is 1.50 bits per heavy atom. The summed E-state index contributed by atoms with van der Waals surface area (Å²) in [7, 11) is 0. The Morgan fingerprint density at radius 1 is 0.900 bits per heavy atom. The summed E-state index contributed by atoms with van der Waals surface area (Å²) in [5, 5.41) is 9.71. The molecule has 0 fully saturated rings. The van der Waals surface area contributed by atoms with Crippen LogP contribution in [0.25, 0.3) is 0 Å². The van der Waals surface area contributed by atoms with E-state index in [0.29, 0.717) is 6.61 Å². The van der Waals surface area contributed by atoms with Crippen LogP contribution in [0.3, 0.4) is 0 Å². The molecular weight excluding hydrogens is 248 g/mol. The van der Waals surface area contributed by atoms with Gasteiger partial charge >= 0.3 is 0 Å². The van der Waals surface area contributed by atoms with Crippen molar-refractivity contribution in [2.24, 2.45) is 5.92 Å². The Bertz CT molecular complexity index is 503. The van der Waals surface area contributed by atoms with Crippen molar-refractivity contribution in [3.63, 3.8) is 0 Å². The summed E-state index contributed by atoms with van der Waals surface area (Å²) in [4.78, 5) is 0. The highest BCUT2D eigenvalue weighted by Crippen LogP contribution is 2.16. The van der Waals surface area contributed by atoms with Crippen LogP contribution in [0, 0.1) is 5.92 Å². The van der Waals surface area contributed by atoms with Gasteiger partial charge in [-0.2, -0.15) is 0 Å². The highest BCUT2D eigenvalue weighted by atomic mass is 16.5. The fraction of sp³-hybridized carbons (Fsp3) is 0.333. The lowest BCUT2D eigenvalue weighted by atomic mass is 10.1. The van der Waals surface area contributed by atoms with E-state index in [1.165, 1.54) is 11.1 Å². The molecule has 20 heavy (non-hydrogen) atoms. The second-order valence-corrected chi connectivity index (χ2v) is 5.43. The summed E-state index contributed by atoms with van der Waals surface area (Å²) < 4.78 is 5.58. The van der Waals surface area contributed by atoms with Crippen molar-refractivity contribution in [1.82, 2.24) is 0 Å².